The van der Waals surface area contributed by atoms with E-state index in [0.29, 0.717) is 11.4 Å². The van der Waals surface area contributed by atoms with Crippen molar-refractivity contribution in [3.8, 4) is 0 Å². The first-order valence-corrected chi connectivity index (χ1v) is 6.01. The molecule has 0 radical (unpaired) electrons. The molecule has 2 aromatic heterocycles. The molecule has 0 amide bonds. The molecule has 0 saturated heterocycles. The topological polar surface area (TPSA) is 42.2 Å². The second kappa shape index (κ2) is 4.35. The minimum absolute atomic E-state index is 0.336. The van der Waals surface area contributed by atoms with E-state index >= 15 is 0 Å². The van der Waals surface area contributed by atoms with Crippen LogP contribution in [0.3, 0.4) is 0 Å². The standard InChI is InChI=1S/C13H20N4/c1-10-5-6-11-15-12(16-17(11)9-10)14-8-7-13(2,3)4/h5-6,9H,7-8H2,1-4H3,(H,14,16). The van der Waals surface area contributed by atoms with Crippen LogP contribution in [0, 0.1) is 12.3 Å². The second-order valence-electron chi connectivity index (χ2n) is 5.68. The summed E-state index contributed by atoms with van der Waals surface area (Å²) in [7, 11) is 0. The van der Waals surface area contributed by atoms with Crippen molar-refractivity contribution in [2.45, 2.75) is 34.1 Å². The number of nitrogens with zero attached hydrogens (tertiary/aromatic N) is 3. The first-order valence-electron chi connectivity index (χ1n) is 6.01. The smallest absolute Gasteiger partial charge is 0.243 e. The molecule has 0 fully saturated rings. The van der Waals surface area contributed by atoms with E-state index in [1.807, 2.05) is 29.8 Å². The lowest BCUT2D eigenvalue weighted by molar-refractivity contribution is 0.389. The van der Waals surface area contributed by atoms with Gasteiger partial charge in [-0.05, 0) is 30.4 Å². The van der Waals surface area contributed by atoms with Gasteiger partial charge in [-0.2, -0.15) is 4.98 Å². The number of pyridine rings is 1. The van der Waals surface area contributed by atoms with Gasteiger partial charge in [0.1, 0.15) is 0 Å². The van der Waals surface area contributed by atoms with Gasteiger partial charge in [-0.1, -0.05) is 26.8 Å². The summed E-state index contributed by atoms with van der Waals surface area (Å²) in [4.78, 5) is 4.41. The number of aromatic nitrogens is 3. The number of hydrogen-bond donors (Lipinski definition) is 1. The van der Waals surface area contributed by atoms with Gasteiger partial charge in [-0.15, -0.1) is 5.10 Å². The van der Waals surface area contributed by atoms with Crippen LogP contribution in [0.5, 0.6) is 0 Å². The SMILES string of the molecule is Cc1ccc2nc(NCCC(C)(C)C)nn2c1. The van der Waals surface area contributed by atoms with Crippen LogP contribution in [0.1, 0.15) is 32.8 Å². The maximum atomic E-state index is 4.41. The van der Waals surface area contributed by atoms with Gasteiger partial charge in [-0.3, -0.25) is 0 Å². The Morgan fingerprint density at radius 2 is 2.06 bits per heavy atom. The lowest BCUT2D eigenvalue weighted by Gasteiger charge is -2.17. The Hall–Kier alpha value is -1.58. The van der Waals surface area contributed by atoms with E-state index in [2.05, 4.69) is 36.2 Å². The quantitative estimate of drug-likeness (QED) is 0.884. The summed E-state index contributed by atoms with van der Waals surface area (Å²) in [6, 6.07) is 4.03. The van der Waals surface area contributed by atoms with Crippen molar-refractivity contribution in [3.05, 3.63) is 23.9 Å². The molecule has 92 valence electrons. The summed E-state index contributed by atoms with van der Waals surface area (Å²) < 4.78 is 1.81. The Bertz CT molecular complexity index is 508. The van der Waals surface area contributed by atoms with Gasteiger partial charge in [0.2, 0.25) is 5.95 Å². The van der Waals surface area contributed by atoms with Gasteiger partial charge in [0.05, 0.1) is 0 Å². The summed E-state index contributed by atoms with van der Waals surface area (Å²) >= 11 is 0. The van der Waals surface area contributed by atoms with Crippen LogP contribution in [0.15, 0.2) is 18.3 Å². The van der Waals surface area contributed by atoms with Crippen molar-refractivity contribution >= 4 is 11.6 Å². The molecule has 0 saturated carbocycles. The van der Waals surface area contributed by atoms with Crippen LogP contribution >= 0.6 is 0 Å². The number of fused-ring (bicyclic) bond motifs is 1. The van der Waals surface area contributed by atoms with Crippen molar-refractivity contribution in [1.82, 2.24) is 14.6 Å². The molecule has 0 aromatic carbocycles. The van der Waals surface area contributed by atoms with E-state index in [4.69, 9.17) is 0 Å². The Labute approximate surface area is 102 Å². The Kier molecular flexibility index (Phi) is 3.05. The van der Waals surface area contributed by atoms with Gasteiger partial charge >= 0.3 is 0 Å². The third kappa shape index (κ3) is 3.19. The Morgan fingerprint density at radius 3 is 2.76 bits per heavy atom. The van der Waals surface area contributed by atoms with Crippen LogP contribution < -0.4 is 5.32 Å². The fourth-order valence-corrected chi connectivity index (χ4v) is 1.61. The molecule has 0 aliphatic carbocycles. The van der Waals surface area contributed by atoms with E-state index in [-0.39, 0.29) is 0 Å². The molecule has 0 aliphatic rings. The minimum Gasteiger partial charge on any atom is -0.353 e. The summed E-state index contributed by atoms with van der Waals surface area (Å²) in [6.07, 6.45) is 3.08. The average molecular weight is 232 g/mol. The van der Waals surface area contributed by atoms with Crippen molar-refractivity contribution in [2.24, 2.45) is 5.41 Å². The largest absolute Gasteiger partial charge is 0.353 e. The first-order chi connectivity index (χ1) is 7.94. The van der Waals surface area contributed by atoms with E-state index in [1.165, 1.54) is 5.56 Å². The normalized spacial score (nSPS) is 12.0. The van der Waals surface area contributed by atoms with Gasteiger partial charge in [0.25, 0.3) is 0 Å². The van der Waals surface area contributed by atoms with Crippen molar-refractivity contribution < 1.29 is 0 Å². The Balaban J connectivity index is 2.05. The van der Waals surface area contributed by atoms with Gasteiger partial charge in [-0.25, -0.2) is 4.52 Å². The van der Waals surface area contributed by atoms with Crippen LogP contribution in [-0.4, -0.2) is 21.1 Å². The van der Waals surface area contributed by atoms with E-state index in [1.54, 1.807) is 0 Å². The highest BCUT2D eigenvalue weighted by atomic mass is 15.3. The summed E-state index contributed by atoms with van der Waals surface area (Å²) in [6.45, 7) is 9.65. The monoisotopic (exact) mass is 232 g/mol. The number of anilines is 1. The molecule has 17 heavy (non-hydrogen) atoms. The molecule has 2 heterocycles. The van der Waals surface area contributed by atoms with Crippen molar-refractivity contribution in [3.63, 3.8) is 0 Å². The van der Waals surface area contributed by atoms with Crippen molar-refractivity contribution in [2.75, 3.05) is 11.9 Å². The number of aryl methyl sites for hydroxylation is 1. The number of nitrogens with one attached hydrogen (secondary N) is 1. The highest BCUT2D eigenvalue weighted by Gasteiger charge is 2.10. The zero-order valence-electron chi connectivity index (χ0n) is 11.0. The molecular weight excluding hydrogens is 212 g/mol. The third-order valence-electron chi connectivity index (χ3n) is 2.64. The lowest BCUT2D eigenvalue weighted by atomic mass is 9.92. The van der Waals surface area contributed by atoms with E-state index in [0.717, 1.165) is 18.6 Å². The second-order valence-corrected chi connectivity index (χ2v) is 5.68. The van der Waals surface area contributed by atoms with Crippen LogP contribution in [0.25, 0.3) is 5.65 Å². The maximum absolute atomic E-state index is 4.41. The van der Waals surface area contributed by atoms with E-state index < -0.39 is 0 Å². The lowest BCUT2D eigenvalue weighted by Crippen LogP contribution is -2.13. The molecule has 0 spiro atoms. The minimum atomic E-state index is 0.336. The molecule has 0 atom stereocenters. The zero-order chi connectivity index (χ0) is 12.5. The molecular formula is C13H20N4. The highest BCUT2D eigenvalue weighted by Crippen LogP contribution is 2.18. The predicted octanol–water partition coefficient (Wildman–Crippen LogP) is 2.89. The molecule has 2 rings (SSSR count). The maximum Gasteiger partial charge on any atom is 0.243 e. The molecule has 4 heteroatoms. The molecule has 4 nitrogen and oxygen atoms in total. The molecule has 2 aromatic rings. The number of rotatable bonds is 3. The zero-order valence-corrected chi connectivity index (χ0v) is 11.0. The Morgan fingerprint density at radius 1 is 1.29 bits per heavy atom. The molecule has 0 aliphatic heterocycles. The molecule has 1 N–H and O–H groups in total. The van der Waals surface area contributed by atoms with Crippen LogP contribution in [-0.2, 0) is 0 Å². The third-order valence-corrected chi connectivity index (χ3v) is 2.64. The summed E-state index contributed by atoms with van der Waals surface area (Å²) in [5.41, 5.74) is 2.40. The van der Waals surface area contributed by atoms with E-state index in [9.17, 15) is 0 Å². The molecule has 0 unspecified atom stereocenters. The van der Waals surface area contributed by atoms with Gasteiger partial charge in [0.15, 0.2) is 5.65 Å². The van der Waals surface area contributed by atoms with Crippen LogP contribution in [0.4, 0.5) is 5.95 Å². The summed E-state index contributed by atoms with van der Waals surface area (Å²) in [5.74, 6) is 0.708. The average Bonchev–Trinajstić information content (AvgIpc) is 2.57. The first kappa shape index (κ1) is 11.9. The van der Waals surface area contributed by atoms with Gasteiger partial charge < -0.3 is 5.32 Å². The van der Waals surface area contributed by atoms with Crippen molar-refractivity contribution in [1.29, 1.82) is 0 Å². The predicted molar refractivity (Wildman–Crippen MR) is 70.3 cm³/mol. The fourth-order valence-electron chi connectivity index (χ4n) is 1.61. The van der Waals surface area contributed by atoms with Gasteiger partial charge in [0, 0.05) is 12.7 Å². The fraction of sp³-hybridized carbons (Fsp3) is 0.538. The summed E-state index contributed by atoms with van der Waals surface area (Å²) in [5, 5.41) is 7.65. The van der Waals surface area contributed by atoms with Crippen LogP contribution in [0.2, 0.25) is 0 Å². The number of hydrogen-bond acceptors (Lipinski definition) is 3. The molecule has 0 bridgehead atoms. The highest BCUT2D eigenvalue weighted by molar-refractivity contribution is 5.43.